The van der Waals surface area contributed by atoms with Crippen molar-refractivity contribution in [2.24, 2.45) is 13.0 Å². The predicted octanol–water partition coefficient (Wildman–Crippen LogP) is 8.02. The fourth-order valence-corrected chi connectivity index (χ4v) is 9.65. The highest BCUT2D eigenvalue weighted by molar-refractivity contribution is 5.87. The highest BCUT2D eigenvalue weighted by atomic mass is 16.2. The third-order valence-corrected chi connectivity index (χ3v) is 12.9. The summed E-state index contributed by atoms with van der Waals surface area (Å²) in [5, 5.41) is 8.20. The van der Waals surface area contributed by atoms with Gasteiger partial charge in [-0.2, -0.15) is 5.10 Å². The van der Waals surface area contributed by atoms with Gasteiger partial charge < -0.3 is 9.80 Å². The minimum absolute atomic E-state index is 0.119. The first kappa shape index (κ1) is 37.0. The molecule has 0 saturated carbocycles. The number of hydrogen-bond donors (Lipinski definition) is 1. The number of anilines is 2. The second-order valence-electron chi connectivity index (χ2n) is 16.2. The Morgan fingerprint density at radius 2 is 1.53 bits per heavy atom. The molecular weight excluding hydrogens is 681 g/mol. The number of benzene rings is 4. The number of carbonyl (C=O) groups is 2. The minimum atomic E-state index is -0.245. The van der Waals surface area contributed by atoms with Crippen LogP contribution in [-0.2, 0) is 23.1 Å². The monoisotopic (exact) mass is 736 g/mol. The number of rotatable bonds is 12. The molecule has 1 N–H and O–H groups in total. The van der Waals surface area contributed by atoms with Crippen LogP contribution in [-0.4, -0.2) is 72.8 Å². The van der Waals surface area contributed by atoms with Gasteiger partial charge in [-0.05, 0) is 109 Å². The fraction of sp³-hybridized carbons (Fsp3) is 0.426. The van der Waals surface area contributed by atoms with Gasteiger partial charge in [0.15, 0.2) is 0 Å². The van der Waals surface area contributed by atoms with Crippen LogP contribution in [0.4, 0.5) is 11.4 Å². The minimum Gasteiger partial charge on any atom is -0.372 e. The smallest absolute Gasteiger partial charge is 0.226 e. The predicted molar refractivity (Wildman–Crippen MR) is 223 cm³/mol. The maximum atomic E-state index is 11.8. The van der Waals surface area contributed by atoms with Crippen molar-refractivity contribution in [3.63, 3.8) is 0 Å². The summed E-state index contributed by atoms with van der Waals surface area (Å²) in [6, 6.07) is 36.6. The third kappa shape index (κ3) is 8.20. The van der Waals surface area contributed by atoms with Gasteiger partial charge in [0.1, 0.15) is 0 Å². The van der Waals surface area contributed by atoms with Crippen molar-refractivity contribution in [3.05, 3.63) is 125 Å². The van der Waals surface area contributed by atoms with Crippen molar-refractivity contribution in [3.8, 4) is 0 Å². The van der Waals surface area contributed by atoms with Crippen LogP contribution < -0.4 is 15.1 Å². The number of amides is 2. The SMILES string of the molecule is CC(CCC(=O)NC=O)c1nn(C)c2cc(N3CCN(CCC4CCN(c5ccc(C6c7ccccc7CCC6c6ccccc6)cc5)CC4)CC3)ccc12. The van der Waals surface area contributed by atoms with E-state index >= 15 is 0 Å². The van der Waals surface area contributed by atoms with Crippen LogP contribution in [0, 0.1) is 5.92 Å². The number of nitrogens with one attached hydrogen (secondary N) is 1. The summed E-state index contributed by atoms with van der Waals surface area (Å²) < 4.78 is 1.96. The lowest BCUT2D eigenvalue weighted by molar-refractivity contribution is -0.125. The van der Waals surface area contributed by atoms with Crippen LogP contribution in [0.15, 0.2) is 97.1 Å². The number of piperazine rings is 1. The van der Waals surface area contributed by atoms with Crippen molar-refractivity contribution in [1.29, 1.82) is 0 Å². The molecule has 1 aromatic heterocycles. The van der Waals surface area contributed by atoms with Gasteiger partial charge in [-0.1, -0.05) is 73.7 Å². The van der Waals surface area contributed by atoms with Crippen LogP contribution in [0.2, 0.25) is 0 Å². The van der Waals surface area contributed by atoms with E-state index in [9.17, 15) is 9.59 Å². The molecule has 0 spiro atoms. The molecule has 3 heterocycles. The summed E-state index contributed by atoms with van der Waals surface area (Å²) in [6.45, 7) is 9.82. The second-order valence-corrected chi connectivity index (χ2v) is 16.2. The molecule has 0 radical (unpaired) electrons. The van der Waals surface area contributed by atoms with Gasteiger partial charge in [0.2, 0.25) is 12.3 Å². The van der Waals surface area contributed by atoms with Crippen LogP contribution in [0.1, 0.15) is 91.2 Å². The van der Waals surface area contributed by atoms with E-state index in [1.54, 1.807) is 0 Å². The van der Waals surface area contributed by atoms with E-state index in [1.807, 2.05) is 11.7 Å². The molecule has 2 aliphatic heterocycles. The summed E-state index contributed by atoms with van der Waals surface area (Å²) in [7, 11) is 2.00. The van der Waals surface area contributed by atoms with Gasteiger partial charge in [0.05, 0.1) is 11.2 Å². The van der Waals surface area contributed by atoms with E-state index in [2.05, 4.69) is 124 Å². The molecule has 3 aliphatic rings. The highest BCUT2D eigenvalue weighted by Crippen LogP contribution is 2.46. The zero-order chi connectivity index (χ0) is 37.7. The molecule has 286 valence electrons. The number of carbonyl (C=O) groups excluding carboxylic acids is 2. The number of imide groups is 1. The maximum Gasteiger partial charge on any atom is 0.226 e. The summed E-state index contributed by atoms with van der Waals surface area (Å²) >= 11 is 0. The Balaban J connectivity index is 0.812. The maximum absolute atomic E-state index is 11.8. The number of fused-ring (bicyclic) bond motifs is 2. The van der Waals surface area contributed by atoms with Crippen LogP contribution in [0.5, 0.6) is 0 Å². The first-order valence-electron chi connectivity index (χ1n) is 20.6. The zero-order valence-electron chi connectivity index (χ0n) is 32.6. The standard InChI is InChI=1S/C47H56N6O2/c1-34(12-21-45(55)48-33-54)47-43-20-18-40(32-44(43)50(2)49-47)53-30-28-51(29-31-53)25-22-35-23-26-52(27-24-35)39-16-13-38(14-17-39)46-41-11-7-6-10-37(41)15-19-42(46)36-8-4-3-5-9-36/h3-11,13-14,16-18,20,32-35,42,46H,12,15,19,21-31H2,1-2H3,(H,48,54,55). The molecule has 2 saturated heterocycles. The number of aryl methyl sites for hydroxylation is 2. The van der Waals surface area contributed by atoms with Gasteiger partial charge in [-0.3, -0.25) is 24.5 Å². The summed E-state index contributed by atoms with van der Waals surface area (Å²) in [5.74, 6) is 1.57. The molecule has 1 aliphatic carbocycles. The summed E-state index contributed by atoms with van der Waals surface area (Å²) in [5.41, 5.74) is 10.7. The Morgan fingerprint density at radius 3 is 2.29 bits per heavy atom. The number of nitrogens with zero attached hydrogens (tertiary/aromatic N) is 5. The molecule has 3 unspecified atom stereocenters. The molecule has 8 heteroatoms. The van der Waals surface area contributed by atoms with Crippen LogP contribution in [0.3, 0.4) is 0 Å². The quantitative estimate of drug-likeness (QED) is 0.131. The van der Waals surface area contributed by atoms with E-state index in [0.29, 0.717) is 31.1 Å². The van der Waals surface area contributed by atoms with Crippen molar-refractivity contribution in [2.75, 3.05) is 55.6 Å². The van der Waals surface area contributed by atoms with Gasteiger partial charge in [0.25, 0.3) is 0 Å². The molecule has 8 nitrogen and oxygen atoms in total. The summed E-state index contributed by atoms with van der Waals surface area (Å²) in [4.78, 5) is 30.2. The van der Waals surface area contributed by atoms with Crippen molar-refractivity contribution in [1.82, 2.24) is 20.0 Å². The van der Waals surface area contributed by atoms with E-state index in [0.717, 1.165) is 68.2 Å². The Morgan fingerprint density at radius 1 is 0.818 bits per heavy atom. The normalized spacial score (nSPS) is 20.0. The molecule has 5 aromatic rings. The molecular formula is C47H56N6O2. The van der Waals surface area contributed by atoms with E-state index in [4.69, 9.17) is 5.10 Å². The fourth-order valence-electron chi connectivity index (χ4n) is 9.65. The topological polar surface area (TPSA) is 73.7 Å². The number of aromatic nitrogens is 2. The van der Waals surface area contributed by atoms with Crippen molar-refractivity contribution >= 4 is 34.6 Å². The second kappa shape index (κ2) is 16.8. The van der Waals surface area contributed by atoms with Gasteiger partial charge in [0, 0.05) is 81.3 Å². The largest absolute Gasteiger partial charge is 0.372 e. The first-order chi connectivity index (χ1) is 26.9. The molecule has 8 rings (SSSR count). The van der Waals surface area contributed by atoms with E-state index in [1.165, 1.54) is 65.9 Å². The Bertz CT molecular complexity index is 2060. The molecule has 2 fully saturated rings. The van der Waals surface area contributed by atoms with Crippen LogP contribution in [0.25, 0.3) is 10.9 Å². The zero-order valence-corrected chi connectivity index (χ0v) is 32.6. The van der Waals surface area contributed by atoms with Crippen LogP contribution >= 0.6 is 0 Å². The molecule has 4 aromatic carbocycles. The van der Waals surface area contributed by atoms with Gasteiger partial charge in [-0.15, -0.1) is 0 Å². The van der Waals surface area contributed by atoms with Gasteiger partial charge >= 0.3 is 0 Å². The Labute approximate surface area is 326 Å². The molecule has 0 bridgehead atoms. The first-order valence-corrected chi connectivity index (χ1v) is 20.6. The Kier molecular flexibility index (Phi) is 11.3. The third-order valence-electron chi connectivity index (χ3n) is 12.9. The lowest BCUT2D eigenvalue weighted by Crippen LogP contribution is -2.47. The number of hydrogen-bond acceptors (Lipinski definition) is 6. The van der Waals surface area contributed by atoms with Gasteiger partial charge in [-0.25, -0.2) is 0 Å². The average Bonchev–Trinajstić information content (AvgIpc) is 3.57. The highest BCUT2D eigenvalue weighted by Gasteiger charge is 2.32. The summed E-state index contributed by atoms with van der Waals surface area (Å²) in [6.07, 6.45) is 7.57. The molecule has 3 atom stereocenters. The van der Waals surface area contributed by atoms with E-state index < -0.39 is 0 Å². The van der Waals surface area contributed by atoms with Crippen molar-refractivity contribution in [2.45, 2.75) is 69.6 Å². The molecule has 55 heavy (non-hydrogen) atoms. The number of piperidine rings is 1. The Hall–Kier alpha value is -4.95. The van der Waals surface area contributed by atoms with E-state index in [-0.39, 0.29) is 11.8 Å². The average molecular weight is 737 g/mol. The lowest BCUT2D eigenvalue weighted by atomic mass is 9.69. The van der Waals surface area contributed by atoms with Crippen molar-refractivity contribution < 1.29 is 9.59 Å². The molecule has 2 amide bonds. The lowest BCUT2D eigenvalue weighted by Gasteiger charge is -2.38.